The standard InChI is InChI=1S/C8H12N2O/c1-9-7-4-2-3-5-8(7)10-6-11/h6-8H,2-5H2,(H,10,11). The molecule has 0 saturated heterocycles. The summed E-state index contributed by atoms with van der Waals surface area (Å²) in [5.74, 6) is 0. The first kappa shape index (κ1) is 8.06. The van der Waals surface area contributed by atoms with Gasteiger partial charge in [-0.2, -0.15) is 0 Å². The minimum absolute atomic E-state index is 0.0222. The van der Waals surface area contributed by atoms with Gasteiger partial charge in [0.15, 0.2) is 0 Å². The summed E-state index contributed by atoms with van der Waals surface area (Å²) in [5, 5.41) is 2.69. The van der Waals surface area contributed by atoms with Crippen molar-refractivity contribution in [2.75, 3.05) is 0 Å². The topological polar surface area (TPSA) is 33.5 Å². The Morgan fingerprint density at radius 2 is 2.18 bits per heavy atom. The van der Waals surface area contributed by atoms with Crippen molar-refractivity contribution in [1.29, 1.82) is 0 Å². The van der Waals surface area contributed by atoms with Crippen LogP contribution in [0.1, 0.15) is 25.7 Å². The summed E-state index contributed by atoms with van der Waals surface area (Å²) in [4.78, 5) is 13.6. The third-order valence-electron chi connectivity index (χ3n) is 2.18. The molecule has 1 aliphatic rings. The largest absolute Gasteiger partial charge is 0.348 e. The molecule has 3 heteroatoms. The van der Waals surface area contributed by atoms with Crippen LogP contribution in [0, 0.1) is 6.57 Å². The first-order valence-corrected chi connectivity index (χ1v) is 3.94. The fourth-order valence-corrected chi connectivity index (χ4v) is 1.55. The Morgan fingerprint density at radius 1 is 1.45 bits per heavy atom. The summed E-state index contributed by atoms with van der Waals surface area (Å²) in [6, 6.07) is 0.132. The van der Waals surface area contributed by atoms with Crippen molar-refractivity contribution >= 4 is 6.41 Å². The second kappa shape index (κ2) is 3.97. The van der Waals surface area contributed by atoms with Gasteiger partial charge in [0.25, 0.3) is 0 Å². The average Bonchev–Trinajstić information content (AvgIpc) is 2.06. The number of carbonyl (C=O) groups excluding carboxylic acids is 1. The molecule has 0 radical (unpaired) electrons. The Bertz CT molecular complexity index is 173. The predicted octanol–water partition coefficient (Wildman–Crippen LogP) is 0.963. The maximum atomic E-state index is 10.1. The minimum atomic E-state index is 0.0222. The third-order valence-corrected chi connectivity index (χ3v) is 2.18. The van der Waals surface area contributed by atoms with Crippen LogP contribution in [0.15, 0.2) is 0 Å². The summed E-state index contributed by atoms with van der Waals surface area (Å²) < 4.78 is 0. The Morgan fingerprint density at radius 3 is 2.82 bits per heavy atom. The molecule has 0 aliphatic heterocycles. The van der Waals surface area contributed by atoms with Crippen LogP contribution in [0.4, 0.5) is 0 Å². The predicted molar refractivity (Wildman–Crippen MR) is 41.8 cm³/mol. The van der Waals surface area contributed by atoms with E-state index in [1.165, 1.54) is 0 Å². The van der Waals surface area contributed by atoms with Crippen LogP contribution in [0.2, 0.25) is 0 Å². The van der Waals surface area contributed by atoms with E-state index in [9.17, 15) is 4.79 Å². The van der Waals surface area contributed by atoms with Gasteiger partial charge >= 0.3 is 0 Å². The molecule has 0 aromatic carbocycles. The molecule has 11 heavy (non-hydrogen) atoms. The van der Waals surface area contributed by atoms with Gasteiger partial charge in [0.1, 0.15) is 6.04 Å². The van der Waals surface area contributed by atoms with Crippen molar-refractivity contribution < 1.29 is 4.79 Å². The fraction of sp³-hybridized carbons (Fsp3) is 0.750. The Kier molecular flexibility index (Phi) is 2.91. The highest BCUT2D eigenvalue weighted by Crippen LogP contribution is 2.20. The number of carbonyl (C=O) groups is 1. The highest BCUT2D eigenvalue weighted by molar-refractivity contribution is 5.47. The first-order valence-electron chi connectivity index (χ1n) is 3.94. The van der Waals surface area contributed by atoms with Gasteiger partial charge in [0.2, 0.25) is 12.5 Å². The number of amides is 1. The second-order valence-electron chi connectivity index (χ2n) is 2.87. The summed E-state index contributed by atoms with van der Waals surface area (Å²) in [6.45, 7) is 6.88. The molecule has 1 rings (SSSR count). The quantitative estimate of drug-likeness (QED) is 0.464. The van der Waals surface area contributed by atoms with E-state index in [0.29, 0.717) is 6.41 Å². The van der Waals surface area contributed by atoms with Gasteiger partial charge in [0, 0.05) is 6.42 Å². The molecule has 0 aromatic heterocycles. The summed E-state index contributed by atoms with van der Waals surface area (Å²) in [5.41, 5.74) is 0. The van der Waals surface area contributed by atoms with Gasteiger partial charge in [-0.3, -0.25) is 4.79 Å². The zero-order valence-corrected chi connectivity index (χ0v) is 6.42. The fourth-order valence-electron chi connectivity index (χ4n) is 1.55. The van der Waals surface area contributed by atoms with Crippen LogP contribution < -0.4 is 5.32 Å². The van der Waals surface area contributed by atoms with Crippen molar-refractivity contribution in [3.05, 3.63) is 11.4 Å². The molecule has 2 atom stereocenters. The average molecular weight is 152 g/mol. The summed E-state index contributed by atoms with van der Waals surface area (Å²) in [6.07, 6.45) is 4.87. The van der Waals surface area contributed by atoms with E-state index in [2.05, 4.69) is 10.2 Å². The monoisotopic (exact) mass is 152 g/mol. The number of rotatable bonds is 2. The van der Waals surface area contributed by atoms with Crippen molar-refractivity contribution in [3.8, 4) is 0 Å². The second-order valence-corrected chi connectivity index (χ2v) is 2.87. The molecular weight excluding hydrogens is 140 g/mol. The van der Waals surface area contributed by atoms with E-state index in [-0.39, 0.29) is 12.1 Å². The Labute approximate surface area is 66.6 Å². The van der Waals surface area contributed by atoms with E-state index in [4.69, 9.17) is 6.57 Å². The molecule has 1 amide bonds. The zero-order chi connectivity index (χ0) is 8.10. The van der Waals surface area contributed by atoms with Crippen LogP contribution in [-0.2, 0) is 4.79 Å². The Balaban J connectivity index is 2.45. The van der Waals surface area contributed by atoms with Crippen molar-refractivity contribution in [2.45, 2.75) is 37.8 Å². The molecule has 0 heterocycles. The van der Waals surface area contributed by atoms with Gasteiger partial charge in [-0.15, -0.1) is 0 Å². The SMILES string of the molecule is [C-]#[N+]C1CCCCC1NC=O. The third kappa shape index (κ3) is 1.94. The van der Waals surface area contributed by atoms with Gasteiger partial charge in [-0.25, -0.2) is 6.57 Å². The lowest BCUT2D eigenvalue weighted by Gasteiger charge is -2.21. The normalized spacial score (nSPS) is 30.5. The molecule has 1 N–H and O–H groups in total. The molecule has 2 unspecified atom stereocenters. The maximum Gasteiger partial charge on any atom is 0.243 e. The van der Waals surface area contributed by atoms with Crippen LogP contribution in [0.3, 0.4) is 0 Å². The van der Waals surface area contributed by atoms with Crippen LogP contribution >= 0.6 is 0 Å². The van der Waals surface area contributed by atoms with Gasteiger partial charge in [-0.1, -0.05) is 6.42 Å². The molecule has 0 aromatic rings. The molecule has 1 aliphatic carbocycles. The van der Waals surface area contributed by atoms with E-state index in [1.807, 2.05) is 0 Å². The molecule has 60 valence electrons. The van der Waals surface area contributed by atoms with Gasteiger partial charge in [-0.05, 0) is 12.8 Å². The van der Waals surface area contributed by atoms with E-state index in [0.717, 1.165) is 25.7 Å². The first-order chi connectivity index (χ1) is 5.38. The molecular formula is C8H12N2O. The highest BCUT2D eigenvalue weighted by atomic mass is 16.1. The van der Waals surface area contributed by atoms with E-state index < -0.39 is 0 Å². The molecule has 1 fully saturated rings. The highest BCUT2D eigenvalue weighted by Gasteiger charge is 2.28. The van der Waals surface area contributed by atoms with Gasteiger partial charge < -0.3 is 10.2 Å². The smallest absolute Gasteiger partial charge is 0.243 e. The maximum absolute atomic E-state index is 10.1. The summed E-state index contributed by atoms with van der Waals surface area (Å²) >= 11 is 0. The number of hydrogen-bond donors (Lipinski definition) is 1. The summed E-state index contributed by atoms with van der Waals surface area (Å²) in [7, 11) is 0. The van der Waals surface area contributed by atoms with Crippen LogP contribution in [0.5, 0.6) is 0 Å². The lowest BCUT2D eigenvalue weighted by molar-refractivity contribution is -0.110. The van der Waals surface area contributed by atoms with E-state index >= 15 is 0 Å². The van der Waals surface area contributed by atoms with Crippen molar-refractivity contribution in [2.24, 2.45) is 0 Å². The van der Waals surface area contributed by atoms with Gasteiger partial charge in [0.05, 0.1) is 0 Å². The number of hydrogen-bond acceptors (Lipinski definition) is 1. The minimum Gasteiger partial charge on any atom is -0.348 e. The number of nitrogens with one attached hydrogen (secondary N) is 1. The zero-order valence-electron chi connectivity index (χ0n) is 6.42. The van der Waals surface area contributed by atoms with Crippen molar-refractivity contribution in [1.82, 2.24) is 5.32 Å². The lowest BCUT2D eigenvalue weighted by atomic mass is 9.91. The lowest BCUT2D eigenvalue weighted by Crippen LogP contribution is -2.39. The van der Waals surface area contributed by atoms with Crippen LogP contribution in [-0.4, -0.2) is 18.5 Å². The molecule has 0 bridgehead atoms. The van der Waals surface area contributed by atoms with Crippen LogP contribution in [0.25, 0.3) is 4.85 Å². The molecule has 0 spiro atoms. The molecule has 3 nitrogen and oxygen atoms in total. The van der Waals surface area contributed by atoms with E-state index in [1.54, 1.807) is 0 Å². The Hall–Kier alpha value is -1.04. The number of nitrogens with zero attached hydrogens (tertiary/aromatic N) is 1. The van der Waals surface area contributed by atoms with Crippen molar-refractivity contribution in [3.63, 3.8) is 0 Å². The molecule has 1 saturated carbocycles.